The van der Waals surface area contributed by atoms with Gasteiger partial charge in [0.2, 0.25) is 0 Å². The lowest BCUT2D eigenvalue weighted by Gasteiger charge is -2.07. The summed E-state index contributed by atoms with van der Waals surface area (Å²) in [6.07, 6.45) is 5.33. The number of pyridine rings is 1. The molecule has 31 heavy (non-hydrogen) atoms. The van der Waals surface area contributed by atoms with E-state index in [4.69, 9.17) is 0 Å². The van der Waals surface area contributed by atoms with Crippen molar-refractivity contribution in [2.45, 2.75) is 0 Å². The van der Waals surface area contributed by atoms with Crippen LogP contribution in [0.3, 0.4) is 0 Å². The second kappa shape index (κ2) is 7.42. The zero-order valence-corrected chi connectivity index (χ0v) is 17.4. The topological polar surface area (TPSA) is 38.7 Å². The molecule has 0 bridgehead atoms. The van der Waals surface area contributed by atoms with Crippen molar-refractivity contribution in [2.75, 3.05) is 0 Å². The third kappa shape index (κ3) is 3.18. The number of fused-ring (bicyclic) bond motifs is 3. The molecule has 6 aromatic rings. The van der Waals surface area contributed by atoms with Crippen LogP contribution in [0.1, 0.15) is 0 Å². The van der Waals surface area contributed by atoms with Crippen LogP contribution in [0, 0.1) is 0 Å². The zero-order chi connectivity index (χ0) is 20.6. The van der Waals surface area contributed by atoms with Crippen molar-refractivity contribution in [2.24, 2.45) is 0 Å². The second-order valence-corrected chi connectivity index (χ2v) is 8.44. The average molecular weight is 416 g/mol. The van der Waals surface area contributed by atoms with E-state index >= 15 is 0 Å². The Morgan fingerprint density at radius 3 is 2.29 bits per heavy atom. The average Bonchev–Trinajstić information content (AvgIpc) is 3.24. The summed E-state index contributed by atoms with van der Waals surface area (Å²) in [6.45, 7) is 0. The molecule has 4 heteroatoms. The molecule has 0 N–H and O–H groups in total. The van der Waals surface area contributed by atoms with Crippen molar-refractivity contribution in [1.29, 1.82) is 0 Å². The maximum atomic E-state index is 4.61. The Balaban J connectivity index is 1.43. The first-order chi connectivity index (χ1) is 15.4. The van der Waals surface area contributed by atoms with Crippen molar-refractivity contribution >= 4 is 31.5 Å². The number of benzene rings is 3. The van der Waals surface area contributed by atoms with Gasteiger partial charge >= 0.3 is 0 Å². The molecular formula is C27H17N3S. The maximum Gasteiger partial charge on any atom is 0.116 e. The highest BCUT2D eigenvalue weighted by atomic mass is 32.1. The first-order valence-corrected chi connectivity index (χ1v) is 10.9. The molecule has 0 saturated carbocycles. The normalized spacial score (nSPS) is 11.2. The van der Waals surface area contributed by atoms with E-state index in [-0.39, 0.29) is 0 Å². The van der Waals surface area contributed by atoms with Gasteiger partial charge in [0.25, 0.3) is 0 Å². The molecular weight excluding hydrogens is 398 g/mol. The SMILES string of the molecule is c1cncc(-c2ccc(-c3cc(-c4cccc5c4sc4ccccc45)ncn3)cc2)c1. The van der Waals surface area contributed by atoms with E-state index in [1.165, 1.54) is 20.2 Å². The molecule has 0 atom stereocenters. The molecule has 0 spiro atoms. The van der Waals surface area contributed by atoms with E-state index in [2.05, 4.69) is 93.8 Å². The van der Waals surface area contributed by atoms with Crippen LogP contribution in [-0.2, 0) is 0 Å². The molecule has 0 aliphatic carbocycles. The Morgan fingerprint density at radius 1 is 0.613 bits per heavy atom. The molecule has 0 fully saturated rings. The number of thiophene rings is 1. The van der Waals surface area contributed by atoms with Gasteiger partial charge in [0.1, 0.15) is 6.33 Å². The molecule has 3 aromatic heterocycles. The van der Waals surface area contributed by atoms with Gasteiger partial charge < -0.3 is 0 Å². The summed E-state index contributed by atoms with van der Waals surface area (Å²) in [5.41, 5.74) is 6.32. The molecule has 3 nitrogen and oxygen atoms in total. The molecule has 3 aromatic carbocycles. The van der Waals surface area contributed by atoms with Gasteiger partial charge in [0.15, 0.2) is 0 Å². The minimum absolute atomic E-state index is 0.917. The van der Waals surface area contributed by atoms with Gasteiger partial charge in [-0.2, -0.15) is 0 Å². The van der Waals surface area contributed by atoms with Crippen LogP contribution in [-0.4, -0.2) is 15.0 Å². The Bertz CT molecular complexity index is 1520. The number of hydrogen-bond acceptors (Lipinski definition) is 4. The van der Waals surface area contributed by atoms with Crippen LogP contribution in [0.4, 0.5) is 0 Å². The van der Waals surface area contributed by atoms with E-state index in [0.717, 1.165) is 33.6 Å². The summed E-state index contributed by atoms with van der Waals surface area (Å²) in [5, 5.41) is 2.57. The third-order valence-corrected chi connectivity index (χ3v) is 6.74. The summed E-state index contributed by atoms with van der Waals surface area (Å²) in [7, 11) is 0. The minimum Gasteiger partial charge on any atom is -0.264 e. The summed E-state index contributed by atoms with van der Waals surface area (Å²) in [4.78, 5) is 13.4. The van der Waals surface area contributed by atoms with Crippen LogP contribution in [0.15, 0.2) is 104 Å². The van der Waals surface area contributed by atoms with Crippen molar-refractivity contribution in [3.05, 3.63) is 104 Å². The van der Waals surface area contributed by atoms with Gasteiger partial charge in [-0.05, 0) is 29.3 Å². The number of hydrogen-bond donors (Lipinski definition) is 0. The van der Waals surface area contributed by atoms with Gasteiger partial charge in [-0.3, -0.25) is 4.98 Å². The highest BCUT2D eigenvalue weighted by Crippen LogP contribution is 2.39. The smallest absolute Gasteiger partial charge is 0.116 e. The molecule has 6 rings (SSSR count). The van der Waals surface area contributed by atoms with Gasteiger partial charge in [0.05, 0.1) is 11.4 Å². The van der Waals surface area contributed by atoms with Crippen molar-refractivity contribution < 1.29 is 0 Å². The van der Waals surface area contributed by atoms with E-state index in [1.807, 2.05) is 23.6 Å². The summed E-state index contributed by atoms with van der Waals surface area (Å²) < 4.78 is 2.56. The van der Waals surface area contributed by atoms with Gasteiger partial charge in [0, 0.05) is 43.7 Å². The Labute approximate surface area is 183 Å². The molecule has 146 valence electrons. The molecule has 0 saturated heterocycles. The fraction of sp³-hybridized carbons (Fsp3) is 0. The predicted molar refractivity (Wildman–Crippen MR) is 129 cm³/mol. The summed E-state index contributed by atoms with van der Waals surface area (Å²) >= 11 is 1.82. The molecule has 0 unspecified atom stereocenters. The Morgan fingerprint density at radius 2 is 1.42 bits per heavy atom. The highest BCUT2D eigenvalue weighted by molar-refractivity contribution is 7.26. The lowest BCUT2D eigenvalue weighted by Crippen LogP contribution is -1.90. The quantitative estimate of drug-likeness (QED) is 0.306. The van der Waals surface area contributed by atoms with Gasteiger partial charge in [-0.15, -0.1) is 11.3 Å². The fourth-order valence-electron chi connectivity index (χ4n) is 3.98. The van der Waals surface area contributed by atoms with E-state index in [1.54, 1.807) is 12.5 Å². The van der Waals surface area contributed by atoms with Crippen LogP contribution in [0.25, 0.3) is 53.8 Å². The number of rotatable bonds is 3. The number of aromatic nitrogens is 3. The Hall–Kier alpha value is -3.89. The van der Waals surface area contributed by atoms with Crippen LogP contribution in [0.5, 0.6) is 0 Å². The maximum absolute atomic E-state index is 4.61. The molecule has 3 heterocycles. The minimum atomic E-state index is 0.917. The van der Waals surface area contributed by atoms with Crippen LogP contribution >= 0.6 is 11.3 Å². The largest absolute Gasteiger partial charge is 0.264 e. The van der Waals surface area contributed by atoms with Gasteiger partial charge in [-0.25, -0.2) is 9.97 Å². The second-order valence-electron chi connectivity index (χ2n) is 7.39. The number of nitrogens with zero attached hydrogens (tertiary/aromatic N) is 3. The van der Waals surface area contributed by atoms with Crippen LogP contribution < -0.4 is 0 Å². The zero-order valence-electron chi connectivity index (χ0n) is 16.6. The lowest BCUT2D eigenvalue weighted by molar-refractivity contribution is 1.18. The predicted octanol–water partition coefficient (Wildman–Crippen LogP) is 7.24. The van der Waals surface area contributed by atoms with E-state index < -0.39 is 0 Å². The Kier molecular flexibility index (Phi) is 4.29. The third-order valence-electron chi connectivity index (χ3n) is 5.52. The molecule has 0 aliphatic rings. The standard InChI is InChI=1S/C27H17N3S/c1-2-9-26-21(6-1)22-7-3-8-23(27(22)31-26)25-15-24(29-17-30-25)19-12-10-18(11-13-19)20-5-4-14-28-16-20/h1-17H. The van der Waals surface area contributed by atoms with Crippen molar-refractivity contribution in [3.8, 4) is 33.6 Å². The molecule has 0 radical (unpaired) electrons. The van der Waals surface area contributed by atoms with E-state index in [0.29, 0.717) is 0 Å². The highest BCUT2D eigenvalue weighted by Gasteiger charge is 2.12. The fourth-order valence-corrected chi connectivity index (χ4v) is 5.20. The van der Waals surface area contributed by atoms with Gasteiger partial charge in [-0.1, -0.05) is 66.7 Å². The summed E-state index contributed by atoms with van der Waals surface area (Å²) in [5.74, 6) is 0. The van der Waals surface area contributed by atoms with E-state index in [9.17, 15) is 0 Å². The first-order valence-electron chi connectivity index (χ1n) is 10.1. The monoisotopic (exact) mass is 415 g/mol. The first kappa shape index (κ1) is 17.9. The van der Waals surface area contributed by atoms with Crippen molar-refractivity contribution in [1.82, 2.24) is 15.0 Å². The van der Waals surface area contributed by atoms with Crippen molar-refractivity contribution in [3.63, 3.8) is 0 Å². The molecule has 0 amide bonds. The van der Waals surface area contributed by atoms with Crippen LogP contribution in [0.2, 0.25) is 0 Å². The summed E-state index contributed by atoms with van der Waals surface area (Å²) in [6, 6.07) is 29.5. The molecule has 0 aliphatic heterocycles. The lowest BCUT2D eigenvalue weighted by atomic mass is 10.0.